The summed E-state index contributed by atoms with van der Waals surface area (Å²) in [5.41, 5.74) is 0.715. The molecule has 1 atom stereocenters. The highest BCUT2D eigenvalue weighted by atomic mass is 32.1. The number of carbonyl (C=O) groups is 2. The van der Waals surface area contributed by atoms with E-state index in [1.54, 1.807) is 14.0 Å². The molecule has 8 nitrogen and oxygen atoms in total. The van der Waals surface area contributed by atoms with Gasteiger partial charge in [0.25, 0.3) is 11.8 Å². The van der Waals surface area contributed by atoms with Crippen LogP contribution in [-0.2, 0) is 22.6 Å². The first kappa shape index (κ1) is 19.5. The summed E-state index contributed by atoms with van der Waals surface area (Å²) in [5, 5.41) is 7.69. The summed E-state index contributed by atoms with van der Waals surface area (Å²) in [6.45, 7) is 3.60. The fraction of sp³-hybridized carbons (Fsp3) is 0.556. The van der Waals surface area contributed by atoms with Gasteiger partial charge in [-0.3, -0.25) is 9.59 Å². The quantitative estimate of drug-likeness (QED) is 0.716. The van der Waals surface area contributed by atoms with Crippen LogP contribution in [0.2, 0.25) is 0 Å². The second-order valence-corrected chi connectivity index (χ2v) is 7.34. The third kappa shape index (κ3) is 4.92. The normalized spacial score (nSPS) is 17.1. The molecule has 1 saturated heterocycles. The lowest BCUT2D eigenvalue weighted by atomic mass is 10.0. The number of rotatable bonds is 7. The molecule has 0 N–H and O–H groups in total. The van der Waals surface area contributed by atoms with Gasteiger partial charge in [0.1, 0.15) is 6.61 Å². The topological polar surface area (TPSA) is 88.8 Å². The lowest BCUT2D eigenvalue weighted by molar-refractivity contribution is -0.132. The second kappa shape index (κ2) is 9.09. The minimum absolute atomic E-state index is 0.00387. The molecule has 0 aromatic carbocycles. The van der Waals surface area contributed by atoms with Gasteiger partial charge in [0.05, 0.1) is 5.56 Å². The van der Waals surface area contributed by atoms with E-state index in [2.05, 4.69) is 10.1 Å². The van der Waals surface area contributed by atoms with Crippen molar-refractivity contribution >= 4 is 23.2 Å². The largest absolute Gasteiger partial charge is 0.375 e. The van der Waals surface area contributed by atoms with E-state index in [-0.39, 0.29) is 24.5 Å². The van der Waals surface area contributed by atoms with Gasteiger partial charge in [0.15, 0.2) is 5.82 Å². The predicted octanol–water partition coefficient (Wildman–Crippen LogP) is 1.97. The number of methoxy groups -OCH3 is 1. The van der Waals surface area contributed by atoms with E-state index in [9.17, 15) is 9.59 Å². The van der Waals surface area contributed by atoms with Crippen molar-refractivity contribution in [1.82, 2.24) is 19.9 Å². The Kier molecular flexibility index (Phi) is 6.57. The molecular weight excluding hydrogens is 368 g/mol. The first-order valence-corrected chi connectivity index (χ1v) is 9.92. The molecule has 1 aliphatic heterocycles. The van der Waals surface area contributed by atoms with Gasteiger partial charge in [0, 0.05) is 51.5 Å². The standard InChI is InChI=1S/C18H24N4O4S/c1-13(23)22(8-5-16-19-17(11-25-2)26-20-16)15-4-3-7-21(10-15)18(24)14-6-9-27-12-14/h6,9,12,15H,3-5,7-8,10-11H2,1-2H3. The van der Waals surface area contributed by atoms with Crippen LogP contribution >= 0.6 is 11.3 Å². The van der Waals surface area contributed by atoms with Crippen molar-refractivity contribution in [3.05, 3.63) is 34.1 Å². The number of nitrogens with zero attached hydrogens (tertiary/aromatic N) is 4. The monoisotopic (exact) mass is 392 g/mol. The lowest BCUT2D eigenvalue weighted by Crippen LogP contribution is -2.51. The van der Waals surface area contributed by atoms with Gasteiger partial charge in [-0.25, -0.2) is 0 Å². The number of hydrogen-bond donors (Lipinski definition) is 0. The molecule has 0 radical (unpaired) electrons. The number of hydrogen-bond acceptors (Lipinski definition) is 7. The fourth-order valence-electron chi connectivity index (χ4n) is 3.35. The van der Waals surface area contributed by atoms with Crippen LogP contribution < -0.4 is 0 Å². The van der Waals surface area contributed by atoms with E-state index < -0.39 is 0 Å². The molecule has 0 saturated carbocycles. The second-order valence-electron chi connectivity index (χ2n) is 6.56. The summed E-state index contributed by atoms with van der Waals surface area (Å²) in [7, 11) is 1.56. The zero-order valence-corrected chi connectivity index (χ0v) is 16.4. The zero-order valence-electron chi connectivity index (χ0n) is 15.6. The first-order chi connectivity index (χ1) is 13.1. The smallest absolute Gasteiger partial charge is 0.254 e. The zero-order chi connectivity index (χ0) is 19.2. The van der Waals surface area contributed by atoms with Crippen LogP contribution in [0.3, 0.4) is 0 Å². The number of ether oxygens (including phenoxy) is 1. The Hall–Kier alpha value is -2.26. The molecule has 1 fully saturated rings. The van der Waals surface area contributed by atoms with Gasteiger partial charge in [-0.05, 0) is 24.3 Å². The van der Waals surface area contributed by atoms with E-state index in [1.807, 2.05) is 26.6 Å². The molecule has 0 spiro atoms. The Bertz CT molecular complexity index is 761. The third-order valence-corrected chi connectivity index (χ3v) is 5.33. The molecule has 2 aromatic rings. The minimum Gasteiger partial charge on any atom is -0.375 e. The van der Waals surface area contributed by atoms with Gasteiger partial charge < -0.3 is 19.1 Å². The molecule has 2 amide bonds. The fourth-order valence-corrected chi connectivity index (χ4v) is 3.98. The van der Waals surface area contributed by atoms with Gasteiger partial charge in [-0.2, -0.15) is 16.3 Å². The lowest BCUT2D eigenvalue weighted by Gasteiger charge is -2.39. The summed E-state index contributed by atoms with van der Waals surface area (Å²) in [4.78, 5) is 32.8. The van der Waals surface area contributed by atoms with Crippen molar-refractivity contribution in [2.45, 2.75) is 38.8 Å². The summed E-state index contributed by atoms with van der Waals surface area (Å²) in [6, 6.07) is 1.84. The third-order valence-electron chi connectivity index (χ3n) is 4.65. The number of carbonyl (C=O) groups excluding carboxylic acids is 2. The molecule has 3 rings (SSSR count). The van der Waals surface area contributed by atoms with Crippen LogP contribution in [-0.4, -0.2) is 64.5 Å². The number of amides is 2. The Labute approximate surface area is 162 Å². The molecule has 146 valence electrons. The number of piperidine rings is 1. The molecule has 9 heteroatoms. The van der Waals surface area contributed by atoms with Gasteiger partial charge in [0.2, 0.25) is 5.91 Å². The van der Waals surface area contributed by atoms with Crippen molar-refractivity contribution in [1.29, 1.82) is 0 Å². The molecule has 27 heavy (non-hydrogen) atoms. The van der Waals surface area contributed by atoms with Crippen LogP contribution in [0.4, 0.5) is 0 Å². The van der Waals surface area contributed by atoms with Crippen LogP contribution in [0.25, 0.3) is 0 Å². The van der Waals surface area contributed by atoms with E-state index in [1.165, 1.54) is 11.3 Å². The van der Waals surface area contributed by atoms with Gasteiger partial charge in [-0.15, -0.1) is 0 Å². The van der Waals surface area contributed by atoms with Gasteiger partial charge in [-0.1, -0.05) is 5.16 Å². The maximum atomic E-state index is 12.6. The molecule has 1 aliphatic rings. The molecule has 2 aromatic heterocycles. The SMILES string of the molecule is COCc1nc(CCN(C(C)=O)C2CCCN(C(=O)c3ccsc3)C2)no1. The summed E-state index contributed by atoms with van der Waals surface area (Å²) >= 11 is 1.51. The Morgan fingerprint density at radius 3 is 3.04 bits per heavy atom. The molecule has 0 bridgehead atoms. The van der Waals surface area contributed by atoms with Crippen molar-refractivity contribution < 1.29 is 18.8 Å². The van der Waals surface area contributed by atoms with Crippen molar-refractivity contribution in [2.24, 2.45) is 0 Å². The summed E-state index contributed by atoms with van der Waals surface area (Å²) in [6.07, 6.45) is 2.26. The molecular formula is C18H24N4O4S. The van der Waals surface area contributed by atoms with Crippen LogP contribution in [0, 0.1) is 0 Å². The highest BCUT2D eigenvalue weighted by Gasteiger charge is 2.30. The summed E-state index contributed by atoms with van der Waals surface area (Å²) in [5.74, 6) is 1.000. The predicted molar refractivity (Wildman–Crippen MR) is 99.3 cm³/mol. The Balaban J connectivity index is 1.61. The highest BCUT2D eigenvalue weighted by molar-refractivity contribution is 7.08. The van der Waals surface area contributed by atoms with Crippen LogP contribution in [0.15, 0.2) is 21.3 Å². The average Bonchev–Trinajstić information content (AvgIpc) is 3.34. The maximum absolute atomic E-state index is 12.6. The van der Waals surface area contributed by atoms with Crippen LogP contribution in [0.1, 0.15) is 41.8 Å². The number of thiophene rings is 1. The number of aromatic nitrogens is 2. The number of likely N-dealkylation sites (tertiary alicyclic amines) is 1. The van der Waals surface area contributed by atoms with Crippen molar-refractivity contribution in [3.8, 4) is 0 Å². The molecule has 0 aliphatic carbocycles. The van der Waals surface area contributed by atoms with Gasteiger partial charge >= 0.3 is 0 Å². The molecule has 3 heterocycles. The minimum atomic E-state index is -0.00885. The molecule has 1 unspecified atom stereocenters. The van der Waals surface area contributed by atoms with Crippen molar-refractivity contribution in [2.75, 3.05) is 26.7 Å². The summed E-state index contributed by atoms with van der Waals surface area (Å²) < 4.78 is 10.1. The maximum Gasteiger partial charge on any atom is 0.254 e. The first-order valence-electron chi connectivity index (χ1n) is 8.97. The van der Waals surface area contributed by atoms with E-state index in [0.29, 0.717) is 36.8 Å². The average molecular weight is 392 g/mol. The Morgan fingerprint density at radius 2 is 2.33 bits per heavy atom. The Morgan fingerprint density at radius 1 is 1.48 bits per heavy atom. The van der Waals surface area contributed by atoms with E-state index in [4.69, 9.17) is 9.26 Å². The van der Waals surface area contributed by atoms with Crippen LogP contribution in [0.5, 0.6) is 0 Å². The van der Waals surface area contributed by atoms with E-state index in [0.717, 1.165) is 19.4 Å². The van der Waals surface area contributed by atoms with E-state index >= 15 is 0 Å². The highest BCUT2D eigenvalue weighted by Crippen LogP contribution is 2.20. The van der Waals surface area contributed by atoms with Crippen molar-refractivity contribution in [3.63, 3.8) is 0 Å².